The highest BCUT2D eigenvalue weighted by Gasteiger charge is 2.32. The summed E-state index contributed by atoms with van der Waals surface area (Å²) in [6.45, 7) is 12.8. The van der Waals surface area contributed by atoms with Crippen molar-refractivity contribution < 1.29 is 14.3 Å². The number of carbonyl (C=O) groups excluding carboxylic acids is 1. The molecule has 1 heterocycles. The van der Waals surface area contributed by atoms with Crippen LogP contribution in [0.5, 0.6) is 5.75 Å². The van der Waals surface area contributed by atoms with E-state index in [-0.39, 0.29) is 16.7 Å². The Morgan fingerprint density at radius 2 is 1.38 bits per heavy atom. The van der Waals surface area contributed by atoms with Crippen LogP contribution in [0.15, 0.2) is 21.8 Å². The van der Waals surface area contributed by atoms with Crippen LogP contribution >= 0.6 is 11.8 Å². The summed E-state index contributed by atoms with van der Waals surface area (Å²) in [7, 11) is 0. The molecule has 216 valence electrons. The highest BCUT2D eigenvalue weighted by atomic mass is 32.2. The predicted octanol–water partition coefficient (Wildman–Crippen LogP) is 7.74. The summed E-state index contributed by atoms with van der Waals surface area (Å²) in [5.74, 6) is 1.57. The smallest absolute Gasteiger partial charge is 0.277 e. The first-order valence-corrected chi connectivity index (χ1v) is 16.0. The van der Waals surface area contributed by atoms with Gasteiger partial charge in [0.1, 0.15) is 5.75 Å². The van der Waals surface area contributed by atoms with Crippen LogP contribution in [-0.4, -0.2) is 43.9 Å². The van der Waals surface area contributed by atoms with Gasteiger partial charge in [-0.15, -0.1) is 10.2 Å². The van der Waals surface area contributed by atoms with Gasteiger partial charge < -0.3 is 14.4 Å². The second-order valence-corrected chi connectivity index (χ2v) is 14.6. The monoisotopic (exact) mass is 555 g/mol. The number of nitrogens with zero attached hydrogens (tertiary/aromatic N) is 3. The van der Waals surface area contributed by atoms with Crippen LogP contribution in [0.1, 0.15) is 128 Å². The molecule has 2 aromatic rings. The van der Waals surface area contributed by atoms with E-state index in [2.05, 4.69) is 68.8 Å². The molecule has 0 aliphatic heterocycles. The first-order chi connectivity index (χ1) is 18.4. The Bertz CT molecular complexity index is 1050. The molecule has 1 amide bonds. The highest BCUT2D eigenvalue weighted by molar-refractivity contribution is 7.99. The predicted molar refractivity (Wildman–Crippen MR) is 159 cm³/mol. The summed E-state index contributed by atoms with van der Waals surface area (Å²) in [4.78, 5) is 15.7. The number of aromatic nitrogens is 2. The van der Waals surface area contributed by atoms with Crippen molar-refractivity contribution in [2.45, 2.75) is 147 Å². The highest BCUT2D eigenvalue weighted by Crippen LogP contribution is 2.40. The Balaban J connectivity index is 1.39. The molecule has 0 spiro atoms. The second kappa shape index (κ2) is 12.7. The van der Waals surface area contributed by atoms with E-state index < -0.39 is 0 Å². The number of hydrogen-bond acceptors (Lipinski definition) is 6. The van der Waals surface area contributed by atoms with E-state index in [0.29, 0.717) is 41.1 Å². The van der Waals surface area contributed by atoms with Gasteiger partial charge in [-0.3, -0.25) is 4.79 Å². The molecule has 6 nitrogen and oxygen atoms in total. The molecule has 2 saturated carbocycles. The third kappa shape index (κ3) is 7.80. The molecule has 0 atom stereocenters. The quantitative estimate of drug-likeness (QED) is 0.336. The number of aryl methyl sites for hydroxylation is 2. The van der Waals surface area contributed by atoms with Crippen molar-refractivity contribution in [2.75, 3.05) is 5.75 Å². The summed E-state index contributed by atoms with van der Waals surface area (Å²) in [6.07, 6.45) is 13.5. The zero-order chi connectivity index (χ0) is 28.2. The van der Waals surface area contributed by atoms with E-state index in [0.717, 1.165) is 48.8 Å². The molecule has 2 aliphatic rings. The van der Waals surface area contributed by atoms with Gasteiger partial charge in [-0.2, -0.15) is 0 Å². The SMILES string of the molecule is CC(C)(C)c1cc(CCc2nnc(SCC(=O)N(C3CCCCC3)C3CCCCC3)o2)cc(C(C)(C)C)c1O. The Morgan fingerprint density at radius 3 is 1.87 bits per heavy atom. The van der Waals surface area contributed by atoms with Crippen LogP contribution in [0.3, 0.4) is 0 Å². The standard InChI is InChI=1S/C32H49N3O3S/c1-31(2,3)25-19-22(20-26(29(25)37)32(4,5)6)17-18-27-33-34-30(38-27)39-21-28(36)35(23-13-9-7-10-14-23)24-15-11-8-12-16-24/h19-20,23-24,37H,7-18,21H2,1-6H3. The molecule has 1 N–H and O–H groups in total. The average Bonchev–Trinajstić information content (AvgIpc) is 3.35. The topological polar surface area (TPSA) is 79.5 Å². The van der Waals surface area contributed by atoms with Crippen LogP contribution < -0.4 is 0 Å². The zero-order valence-electron chi connectivity index (χ0n) is 25.0. The molecule has 0 saturated heterocycles. The summed E-state index contributed by atoms with van der Waals surface area (Å²) in [5, 5.41) is 20.0. The van der Waals surface area contributed by atoms with E-state index in [1.807, 2.05) is 0 Å². The van der Waals surface area contributed by atoms with Gasteiger partial charge >= 0.3 is 0 Å². The van der Waals surface area contributed by atoms with Crippen molar-refractivity contribution in [3.8, 4) is 5.75 Å². The van der Waals surface area contributed by atoms with Gasteiger partial charge in [0.25, 0.3) is 5.22 Å². The maximum absolute atomic E-state index is 13.5. The first kappa shape index (κ1) is 30.0. The van der Waals surface area contributed by atoms with Crippen molar-refractivity contribution in [3.63, 3.8) is 0 Å². The van der Waals surface area contributed by atoms with E-state index >= 15 is 0 Å². The molecule has 0 radical (unpaired) electrons. The minimum atomic E-state index is -0.163. The molecule has 4 rings (SSSR count). The molecule has 2 aliphatic carbocycles. The van der Waals surface area contributed by atoms with Gasteiger partial charge in [-0.05, 0) is 59.6 Å². The van der Waals surface area contributed by atoms with Gasteiger partial charge in [0, 0.05) is 18.5 Å². The average molecular weight is 556 g/mol. The number of phenols is 1. The third-order valence-electron chi connectivity index (χ3n) is 8.40. The zero-order valence-corrected chi connectivity index (χ0v) is 25.8. The molecule has 1 aromatic heterocycles. The fourth-order valence-corrected chi connectivity index (χ4v) is 6.90. The molecule has 2 fully saturated rings. The first-order valence-electron chi connectivity index (χ1n) is 15.1. The van der Waals surface area contributed by atoms with Crippen molar-refractivity contribution >= 4 is 17.7 Å². The maximum Gasteiger partial charge on any atom is 0.277 e. The van der Waals surface area contributed by atoms with E-state index in [9.17, 15) is 9.90 Å². The van der Waals surface area contributed by atoms with Gasteiger partial charge in [0.2, 0.25) is 11.8 Å². The van der Waals surface area contributed by atoms with E-state index in [1.165, 1.54) is 50.3 Å². The van der Waals surface area contributed by atoms with Crippen LogP contribution in [0.4, 0.5) is 0 Å². The fourth-order valence-electron chi connectivity index (χ4n) is 6.25. The number of carbonyl (C=O) groups is 1. The molecular weight excluding hydrogens is 506 g/mol. The Morgan fingerprint density at radius 1 is 0.872 bits per heavy atom. The van der Waals surface area contributed by atoms with Gasteiger partial charge in [0.15, 0.2) is 0 Å². The van der Waals surface area contributed by atoms with Crippen molar-refractivity contribution in [3.05, 3.63) is 34.7 Å². The van der Waals surface area contributed by atoms with Crippen LogP contribution in [0, 0.1) is 0 Å². The summed E-state index contributed by atoms with van der Waals surface area (Å²) in [6, 6.07) is 5.02. The van der Waals surface area contributed by atoms with Crippen LogP contribution in [0.25, 0.3) is 0 Å². The molecule has 7 heteroatoms. The van der Waals surface area contributed by atoms with Gasteiger partial charge in [-0.25, -0.2) is 0 Å². The normalized spacial score (nSPS) is 17.9. The number of amides is 1. The molecule has 0 bridgehead atoms. The lowest BCUT2D eigenvalue weighted by Gasteiger charge is -2.41. The lowest BCUT2D eigenvalue weighted by Crippen LogP contribution is -2.49. The third-order valence-corrected chi connectivity index (χ3v) is 9.21. The lowest BCUT2D eigenvalue weighted by atomic mass is 9.78. The van der Waals surface area contributed by atoms with Gasteiger partial charge in [-0.1, -0.05) is 104 Å². The Kier molecular flexibility index (Phi) is 9.72. The Hall–Kier alpha value is -2.02. The lowest BCUT2D eigenvalue weighted by molar-refractivity contribution is -0.135. The number of benzene rings is 1. The second-order valence-electron chi connectivity index (χ2n) is 13.7. The molecule has 0 unspecified atom stereocenters. The van der Waals surface area contributed by atoms with Crippen molar-refractivity contribution in [1.82, 2.24) is 15.1 Å². The number of rotatable bonds is 8. The minimum absolute atomic E-state index is 0.163. The van der Waals surface area contributed by atoms with E-state index in [4.69, 9.17) is 4.42 Å². The number of phenolic OH excluding ortho intramolecular Hbond substituents is 1. The van der Waals surface area contributed by atoms with E-state index in [1.54, 1.807) is 0 Å². The Labute approximate surface area is 239 Å². The minimum Gasteiger partial charge on any atom is -0.507 e. The summed E-state index contributed by atoms with van der Waals surface area (Å²) < 4.78 is 5.97. The molecule has 39 heavy (non-hydrogen) atoms. The molecular formula is C32H49N3O3S. The summed E-state index contributed by atoms with van der Waals surface area (Å²) >= 11 is 1.38. The van der Waals surface area contributed by atoms with Gasteiger partial charge in [0.05, 0.1) is 5.75 Å². The van der Waals surface area contributed by atoms with Crippen molar-refractivity contribution in [1.29, 1.82) is 0 Å². The largest absolute Gasteiger partial charge is 0.507 e. The summed E-state index contributed by atoms with van der Waals surface area (Å²) in [5.41, 5.74) is 2.76. The van der Waals surface area contributed by atoms with Crippen molar-refractivity contribution in [2.24, 2.45) is 0 Å². The molecule has 1 aromatic carbocycles. The van der Waals surface area contributed by atoms with Crippen LogP contribution in [-0.2, 0) is 28.5 Å². The maximum atomic E-state index is 13.5. The number of thioether (sulfide) groups is 1. The number of aromatic hydroxyl groups is 1. The number of hydrogen-bond donors (Lipinski definition) is 1. The van der Waals surface area contributed by atoms with Crippen LogP contribution in [0.2, 0.25) is 0 Å². The fraction of sp³-hybridized carbons (Fsp3) is 0.719.